The van der Waals surface area contributed by atoms with Gasteiger partial charge in [-0.2, -0.15) is 0 Å². The first kappa shape index (κ1) is 11.5. The van der Waals surface area contributed by atoms with E-state index in [-0.39, 0.29) is 5.97 Å². The van der Waals surface area contributed by atoms with Gasteiger partial charge in [-0.25, -0.2) is 4.79 Å². The zero-order valence-electron chi connectivity index (χ0n) is 7.41. The molecule has 0 amide bonds. The highest BCUT2D eigenvalue weighted by molar-refractivity contribution is 8.02. The van der Waals surface area contributed by atoms with E-state index in [2.05, 4.69) is 4.74 Å². The van der Waals surface area contributed by atoms with Crippen molar-refractivity contribution in [1.29, 1.82) is 0 Å². The SMILES string of the molecule is COCCCSC=CC(=O)OC. The first-order valence-electron chi connectivity index (χ1n) is 3.66. The largest absolute Gasteiger partial charge is 0.466 e. The number of methoxy groups -OCH3 is 2. The van der Waals surface area contributed by atoms with E-state index >= 15 is 0 Å². The van der Waals surface area contributed by atoms with E-state index < -0.39 is 0 Å². The second-order valence-electron chi connectivity index (χ2n) is 2.04. The first-order valence-corrected chi connectivity index (χ1v) is 4.71. The number of carbonyl (C=O) groups excluding carboxylic acids is 1. The molecule has 0 aliphatic rings. The minimum atomic E-state index is -0.311. The fourth-order valence-corrected chi connectivity index (χ4v) is 1.15. The summed E-state index contributed by atoms with van der Waals surface area (Å²) in [5, 5.41) is 1.74. The molecule has 0 aromatic carbocycles. The molecule has 0 N–H and O–H groups in total. The van der Waals surface area contributed by atoms with Crippen LogP contribution in [0.2, 0.25) is 0 Å². The van der Waals surface area contributed by atoms with Crippen LogP contribution in [0.4, 0.5) is 0 Å². The van der Waals surface area contributed by atoms with Gasteiger partial charge < -0.3 is 9.47 Å². The van der Waals surface area contributed by atoms with Crippen LogP contribution in [0.1, 0.15) is 6.42 Å². The molecule has 0 saturated heterocycles. The molecule has 0 heterocycles. The topological polar surface area (TPSA) is 35.5 Å². The molecule has 0 rings (SSSR count). The molecule has 0 aromatic rings. The highest BCUT2D eigenvalue weighted by Crippen LogP contribution is 2.03. The standard InChI is InChI=1S/C8H14O3S/c1-10-5-3-6-12-7-4-8(9)11-2/h4,7H,3,5-6H2,1-2H3. The Balaban J connectivity index is 3.18. The molecule has 12 heavy (non-hydrogen) atoms. The van der Waals surface area contributed by atoms with Gasteiger partial charge in [-0.05, 0) is 17.6 Å². The maximum Gasteiger partial charge on any atom is 0.330 e. The van der Waals surface area contributed by atoms with Crippen LogP contribution in [0.3, 0.4) is 0 Å². The summed E-state index contributed by atoms with van der Waals surface area (Å²) in [5.41, 5.74) is 0. The lowest BCUT2D eigenvalue weighted by atomic mass is 10.5. The summed E-state index contributed by atoms with van der Waals surface area (Å²) in [6.07, 6.45) is 2.41. The molecular weight excluding hydrogens is 176 g/mol. The second-order valence-corrected chi connectivity index (χ2v) is 3.06. The van der Waals surface area contributed by atoms with Gasteiger partial charge in [-0.1, -0.05) is 0 Å². The van der Waals surface area contributed by atoms with Crippen LogP contribution < -0.4 is 0 Å². The Morgan fingerprint density at radius 1 is 1.50 bits per heavy atom. The molecule has 0 aliphatic heterocycles. The molecule has 0 saturated carbocycles. The molecule has 0 spiro atoms. The minimum absolute atomic E-state index is 0.311. The Morgan fingerprint density at radius 2 is 2.25 bits per heavy atom. The van der Waals surface area contributed by atoms with E-state index in [1.807, 2.05) is 0 Å². The van der Waals surface area contributed by atoms with Crippen molar-refractivity contribution >= 4 is 17.7 Å². The lowest BCUT2D eigenvalue weighted by Crippen LogP contribution is -1.93. The average Bonchev–Trinajstić information content (AvgIpc) is 2.10. The molecule has 4 heteroatoms. The summed E-state index contributed by atoms with van der Waals surface area (Å²) in [5.74, 6) is 0.649. The molecule has 3 nitrogen and oxygen atoms in total. The molecule has 0 unspecified atom stereocenters. The highest BCUT2D eigenvalue weighted by Gasteiger charge is 1.89. The number of thioether (sulfide) groups is 1. The van der Waals surface area contributed by atoms with Crippen molar-refractivity contribution in [2.75, 3.05) is 26.6 Å². The van der Waals surface area contributed by atoms with E-state index in [1.54, 1.807) is 24.3 Å². The molecule has 70 valence electrons. The molecule has 0 atom stereocenters. The lowest BCUT2D eigenvalue weighted by molar-refractivity contribution is -0.134. The predicted molar refractivity (Wildman–Crippen MR) is 50.1 cm³/mol. The highest BCUT2D eigenvalue weighted by atomic mass is 32.2. The van der Waals surface area contributed by atoms with Gasteiger partial charge in [0.05, 0.1) is 7.11 Å². The summed E-state index contributed by atoms with van der Waals surface area (Å²) < 4.78 is 9.28. The van der Waals surface area contributed by atoms with E-state index in [1.165, 1.54) is 13.2 Å². The number of ether oxygens (including phenoxy) is 2. The van der Waals surface area contributed by atoms with Crippen LogP contribution in [0, 0.1) is 0 Å². The van der Waals surface area contributed by atoms with Crippen LogP contribution in [-0.4, -0.2) is 32.5 Å². The first-order chi connectivity index (χ1) is 5.81. The fraction of sp³-hybridized carbons (Fsp3) is 0.625. The Bertz CT molecular complexity index is 145. The number of hydrogen-bond acceptors (Lipinski definition) is 4. The van der Waals surface area contributed by atoms with Crippen molar-refractivity contribution in [1.82, 2.24) is 0 Å². The van der Waals surface area contributed by atoms with E-state index in [0.717, 1.165) is 18.8 Å². The fourth-order valence-electron chi connectivity index (χ4n) is 0.526. The van der Waals surface area contributed by atoms with Crippen LogP contribution in [-0.2, 0) is 14.3 Å². The number of carbonyl (C=O) groups is 1. The van der Waals surface area contributed by atoms with E-state index in [4.69, 9.17) is 4.74 Å². The Kier molecular flexibility index (Phi) is 8.27. The zero-order valence-corrected chi connectivity index (χ0v) is 8.23. The van der Waals surface area contributed by atoms with Crippen LogP contribution >= 0.6 is 11.8 Å². The predicted octanol–water partition coefficient (Wildman–Crippen LogP) is 1.44. The Morgan fingerprint density at radius 3 is 2.83 bits per heavy atom. The monoisotopic (exact) mass is 190 g/mol. The number of hydrogen-bond donors (Lipinski definition) is 0. The molecule has 0 fully saturated rings. The van der Waals surface area contributed by atoms with Gasteiger partial charge in [0.1, 0.15) is 0 Å². The quantitative estimate of drug-likeness (QED) is 0.361. The van der Waals surface area contributed by atoms with Gasteiger partial charge in [0.15, 0.2) is 0 Å². The summed E-state index contributed by atoms with van der Waals surface area (Å²) >= 11 is 1.58. The van der Waals surface area contributed by atoms with Crippen LogP contribution in [0.15, 0.2) is 11.5 Å². The summed E-state index contributed by atoms with van der Waals surface area (Å²) in [6, 6.07) is 0. The van der Waals surface area contributed by atoms with Gasteiger partial charge in [-0.3, -0.25) is 0 Å². The Hall–Kier alpha value is -0.480. The molecule has 0 aromatic heterocycles. The summed E-state index contributed by atoms with van der Waals surface area (Å²) in [4.78, 5) is 10.6. The average molecular weight is 190 g/mol. The summed E-state index contributed by atoms with van der Waals surface area (Å²) in [6.45, 7) is 0.763. The van der Waals surface area contributed by atoms with Crippen molar-refractivity contribution < 1.29 is 14.3 Å². The summed E-state index contributed by atoms with van der Waals surface area (Å²) in [7, 11) is 3.04. The minimum Gasteiger partial charge on any atom is -0.466 e. The molecular formula is C8H14O3S. The van der Waals surface area contributed by atoms with Gasteiger partial charge in [0, 0.05) is 19.8 Å². The van der Waals surface area contributed by atoms with Gasteiger partial charge >= 0.3 is 5.97 Å². The Labute approximate surface area is 77.1 Å². The van der Waals surface area contributed by atoms with E-state index in [9.17, 15) is 4.79 Å². The van der Waals surface area contributed by atoms with Crippen LogP contribution in [0.5, 0.6) is 0 Å². The third-order valence-corrected chi connectivity index (χ3v) is 1.97. The van der Waals surface area contributed by atoms with Gasteiger partial charge in [0.2, 0.25) is 0 Å². The number of rotatable bonds is 6. The van der Waals surface area contributed by atoms with Gasteiger partial charge in [0.25, 0.3) is 0 Å². The van der Waals surface area contributed by atoms with Crippen LogP contribution in [0.25, 0.3) is 0 Å². The van der Waals surface area contributed by atoms with Crippen molar-refractivity contribution in [2.24, 2.45) is 0 Å². The molecule has 0 bridgehead atoms. The van der Waals surface area contributed by atoms with Crippen molar-refractivity contribution in [3.63, 3.8) is 0 Å². The third kappa shape index (κ3) is 7.63. The maximum absolute atomic E-state index is 10.6. The lowest BCUT2D eigenvalue weighted by Gasteiger charge is -1.94. The van der Waals surface area contributed by atoms with Crippen molar-refractivity contribution in [2.45, 2.75) is 6.42 Å². The molecule has 0 aliphatic carbocycles. The van der Waals surface area contributed by atoms with Crippen molar-refractivity contribution in [3.8, 4) is 0 Å². The van der Waals surface area contributed by atoms with E-state index in [0.29, 0.717) is 0 Å². The smallest absolute Gasteiger partial charge is 0.330 e. The maximum atomic E-state index is 10.6. The zero-order chi connectivity index (χ0) is 9.23. The second kappa shape index (κ2) is 8.62. The van der Waals surface area contributed by atoms with Gasteiger partial charge in [-0.15, -0.1) is 11.8 Å². The van der Waals surface area contributed by atoms with Crippen molar-refractivity contribution in [3.05, 3.63) is 11.5 Å². The number of esters is 1. The third-order valence-electron chi connectivity index (χ3n) is 1.11. The molecule has 0 radical (unpaired) electrons. The normalized spacial score (nSPS) is 10.5.